The number of allylic oxidation sites excluding steroid dienone is 1. The van der Waals surface area contributed by atoms with Crippen molar-refractivity contribution in [3.05, 3.63) is 11.6 Å². The Morgan fingerprint density at radius 2 is 1.06 bits per heavy atom. The molecule has 0 saturated carbocycles. The molecule has 0 amide bonds. The van der Waals surface area contributed by atoms with Crippen LogP contribution < -0.4 is 0 Å². The van der Waals surface area contributed by atoms with Crippen LogP contribution in [0.25, 0.3) is 0 Å². The van der Waals surface area contributed by atoms with Crippen LogP contribution >= 0.6 is 6.04 Å². The van der Waals surface area contributed by atoms with Crippen molar-refractivity contribution in [2.75, 3.05) is 12.3 Å². The van der Waals surface area contributed by atoms with E-state index in [4.69, 9.17) is 16.5 Å². The number of ether oxygens (including phenoxy) is 1. The summed E-state index contributed by atoms with van der Waals surface area (Å²) in [6.07, 6.45) is 27.5. The molecule has 190 valence electrons. The number of unbranched alkanes of at least 4 members (excludes halogenated alkanes) is 16. The van der Waals surface area contributed by atoms with Gasteiger partial charge in [0.05, 0.1) is 0 Å². The Balaban J connectivity index is 4.25. The summed E-state index contributed by atoms with van der Waals surface area (Å²) in [6.45, 7) is 8.84. The average Bonchev–Trinajstić information content (AvgIpc) is 2.80. The van der Waals surface area contributed by atoms with E-state index in [0.717, 1.165) is 37.1 Å². The van der Waals surface area contributed by atoms with Crippen LogP contribution in [0.15, 0.2) is 11.6 Å². The van der Waals surface area contributed by atoms with Crippen LogP contribution in [0, 0.1) is 0 Å². The molecule has 0 rings (SSSR count). The molecule has 0 aromatic carbocycles. The molecule has 0 aromatic rings. The highest BCUT2D eigenvalue weighted by molar-refractivity contribution is 8.16. The minimum atomic E-state index is -1.73. The molecule has 0 aromatic heterocycles. The monoisotopic (exact) mass is 486 g/mol. The normalized spacial score (nSPS) is 12.3. The second-order valence-electron chi connectivity index (χ2n) is 9.38. The summed E-state index contributed by atoms with van der Waals surface area (Å²) < 4.78 is 5.91. The first-order valence-corrected chi connectivity index (χ1v) is 17.2. The summed E-state index contributed by atoms with van der Waals surface area (Å²) in [5.74, 6) is -0.0637. The van der Waals surface area contributed by atoms with Gasteiger partial charge in [-0.15, -0.1) is 0 Å². The predicted molar refractivity (Wildman–Crippen MR) is 149 cm³/mol. The zero-order valence-corrected chi connectivity index (χ0v) is 23.8. The van der Waals surface area contributed by atoms with Crippen LogP contribution in [0.4, 0.5) is 0 Å². The highest BCUT2D eigenvalue weighted by Gasteiger charge is 2.22. The highest BCUT2D eigenvalue weighted by atomic mass is 32.4. The van der Waals surface area contributed by atoms with Gasteiger partial charge >= 0.3 is 5.97 Å². The van der Waals surface area contributed by atoms with Crippen molar-refractivity contribution in [3.63, 3.8) is 0 Å². The van der Waals surface area contributed by atoms with E-state index >= 15 is 0 Å². The van der Waals surface area contributed by atoms with Gasteiger partial charge in [0.25, 0.3) is 0 Å². The molecule has 0 aliphatic rings. The summed E-state index contributed by atoms with van der Waals surface area (Å²) >= 11 is 5.98. The van der Waals surface area contributed by atoms with E-state index in [1.807, 2.05) is 0 Å². The quantitative estimate of drug-likeness (QED) is 0.0621. The molecule has 32 heavy (non-hydrogen) atoms. The number of rotatable bonds is 23. The summed E-state index contributed by atoms with van der Waals surface area (Å²) in [5, 5.41) is 0. The van der Waals surface area contributed by atoms with Crippen molar-refractivity contribution in [1.29, 1.82) is 0 Å². The molecule has 0 atom stereocenters. The molecular formula is C28H55O2PS. The van der Waals surface area contributed by atoms with Crippen molar-refractivity contribution >= 4 is 23.8 Å². The molecule has 0 unspecified atom stereocenters. The first kappa shape index (κ1) is 31.9. The van der Waals surface area contributed by atoms with Gasteiger partial charge in [0.15, 0.2) is 0 Å². The minimum Gasteiger partial charge on any atom is -0.426 e. The molecule has 0 N–H and O–H groups in total. The Morgan fingerprint density at radius 3 is 1.50 bits per heavy atom. The summed E-state index contributed by atoms with van der Waals surface area (Å²) in [6, 6.07) is -1.73. The van der Waals surface area contributed by atoms with Gasteiger partial charge in [0.1, 0.15) is 5.50 Å². The standard InChI is InChI=1S/C28H55O2PS/c1-5-9-11-13-15-17-19-21-23-25-27(29)30-28(31(32,7-3)8-4)26-24-22-20-18-16-14-12-10-6-2/h26H,5-25H2,1-4H3/b28-26+. The summed E-state index contributed by atoms with van der Waals surface area (Å²) in [7, 11) is 0. The Labute approximate surface area is 206 Å². The maximum Gasteiger partial charge on any atom is 0.311 e. The van der Waals surface area contributed by atoms with Gasteiger partial charge in [-0.1, -0.05) is 136 Å². The van der Waals surface area contributed by atoms with Gasteiger partial charge in [-0.3, -0.25) is 4.79 Å². The number of hydrogen-bond donors (Lipinski definition) is 0. The van der Waals surface area contributed by atoms with E-state index in [2.05, 4.69) is 33.8 Å². The molecule has 4 heteroatoms. The Kier molecular flexibility index (Phi) is 22.5. The van der Waals surface area contributed by atoms with E-state index in [1.165, 1.54) is 96.3 Å². The van der Waals surface area contributed by atoms with Crippen molar-refractivity contribution in [2.24, 2.45) is 0 Å². The molecular weight excluding hydrogens is 431 g/mol. The molecule has 0 aliphatic heterocycles. The molecule has 0 aliphatic carbocycles. The van der Waals surface area contributed by atoms with E-state index in [1.54, 1.807) is 0 Å². The average molecular weight is 487 g/mol. The zero-order valence-electron chi connectivity index (χ0n) is 22.1. The lowest BCUT2D eigenvalue weighted by atomic mass is 10.1. The molecule has 0 heterocycles. The SMILES string of the molecule is CCCCCCCCCC/C=C(\OC(=O)CCCCCCCCCCC)P(=S)(CC)CC. The Morgan fingerprint density at radius 1 is 0.656 bits per heavy atom. The smallest absolute Gasteiger partial charge is 0.311 e. The summed E-state index contributed by atoms with van der Waals surface area (Å²) in [5.41, 5.74) is 0.862. The zero-order chi connectivity index (χ0) is 23.9. The second-order valence-corrected chi connectivity index (χ2v) is 15.0. The lowest BCUT2D eigenvalue weighted by molar-refractivity contribution is -0.138. The fourth-order valence-electron chi connectivity index (χ4n) is 4.08. The van der Waals surface area contributed by atoms with Crippen LogP contribution in [-0.2, 0) is 21.3 Å². The fraction of sp³-hybridized carbons (Fsp3) is 0.893. The Hall–Kier alpha value is -0.140. The van der Waals surface area contributed by atoms with Crippen LogP contribution in [-0.4, -0.2) is 18.3 Å². The van der Waals surface area contributed by atoms with E-state index in [9.17, 15) is 4.79 Å². The van der Waals surface area contributed by atoms with E-state index < -0.39 is 6.04 Å². The second kappa shape index (κ2) is 22.6. The third-order valence-electron chi connectivity index (χ3n) is 6.50. The molecule has 0 radical (unpaired) electrons. The Bertz CT molecular complexity index is 508. The predicted octanol–water partition coefficient (Wildman–Crippen LogP) is 10.3. The molecule has 0 saturated heterocycles. The van der Waals surface area contributed by atoms with Crippen molar-refractivity contribution in [3.8, 4) is 0 Å². The topological polar surface area (TPSA) is 26.3 Å². The van der Waals surface area contributed by atoms with Crippen molar-refractivity contribution < 1.29 is 9.53 Å². The van der Waals surface area contributed by atoms with Crippen molar-refractivity contribution in [1.82, 2.24) is 0 Å². The van der Waals surface area contributed by atoms with Crippen LogP contribution in [0.2, 0.25) is 0 Å². The highest BCUT2D eigenvalue weighted by Crippen LogP contribution is 2.54. The fourth-order valence-corrected chi connectivity index (χ4v) is 6.21. The van der Waals surface area contributed by atoms with Gasteiger partial charge in [-0.25, -0.2) is 0 Å². The molecule has 0 bridgehead atoms. The van der Waals surface area contributed by atoms with E-state index in [0.29, 0.717) is 6.42 Å². The molecule has 0 fully saturated rings. The number of esters is 1. The van der Waals surface area contributed by atoms with Gasteiger partial charge < -0.3 is 4.74 Å². The number of carbonyl (C=O) groups excluding carboxylic acids is 1. The van der Waals surface area contributed by atoms with Gasteiger partial charge in [-0.05, 0) is 37.7 Å². The lowest BCUT2D eigenvalue weighted by Gasteiger charge is -2.22. The third-order valence-corrected chi connectivity index (χ3v) is 11.7. The van der Waals surface area contributed by atoms with E-state index in [-0.39, 0.29) is 5.97 Å². The van der Waals surface area contributed by atoms with Crippen LogP contribution in [0.5, 0.6) is 0 Å². The maximum absolute atomic E-state index is 12.5. The first-order chi connectivity index (χ1) is 15.5. The van der Waals surface area contributed by atoms with Crippen LogP contribution in [0.3, 0.4) is 0 Å². The first-order valence-electron chi connectivity index (χ1n) is 14.0. The van der Waals surface area contributed by atoms with Gasteiger partial charge in [0.2, 0.25) is 0 Å². The number of carbonyl (C=O) groups is 1. The van der Waals surface area contributed by atoms with Crippen molar-refractivity contribution in [2.45, 2.75) is 150 Å². The summed E-state index contributed by atoms with van der Waals surface area (Å²) in [4.78, 5) is 12.5. The van der Waals surface area contributed by atoms with Gasteiger partial charge in [-0.2, -0.15) is 0 Å². The van der Waals surface area contributed by atoms with Gasteiger partial charge in [0, 0.05) is 12.5 Å². The lowest BCUT2D eigenvalue weighted by Crippen LogP contribution is -2.07. The molecule has 2 nitrogen and oxygen atoms in total. The largest absolute Gasteiger partial charge is 0.426 e. The maximum atomic E-state index is 12.5. The number of hydrogen-bond acceptors (Lipinski definition) is 3. The molecule has 0 spiro atoms. The minimum absolute atomic E-state index is 0.0637. The third kappa shape index (κ3) is 17.4. The van der Waals surface area contributed by atoms with Crippen LogP contribution in [0.1, 0.15) is 150 Å².